The monoisotopic (exact) mass is 272 g/mol. The van der Waals surface area contributed by atoms with Gasteiger partial charge in [0.15, 0.2) is 0 Å². The number of benzene rings is 2. The number of hydrogen-bond donors (Lipinski definition) is 0. The van der Waals surface area contributed by atoms with Crippen molar-refractivity contribution in [2.24, 2.45) is 0 Å². The SMILES string of the molecule is CC1=Cc2ccccc2C1CC1C(C)=Cc2ccccc21. The number of rotatable bonds is 2. The third-order valence-corrected chi connectivity index (χ3v) is 5.08. The summed E-state index contributed by atoms with van der Waals surface area (Å²) in [6, 6.07) is 17.7. The van der Waals surface area contributed by atoms with Gasteiger partial charge in [0.2, 0.25) is 0 Å². The smallest absolute Gasteiger partial charge is 0.00635 e. The Labute approximate surface area is 126 Å². The first kappa shape index (κ1) is 12.6. The van der Waals surface area contributed by atoms with Crippen LogP contribution in [0.4, 0.5) is 0 Å². The summed E-state index contributed by atoms with van der Waals surface area (Å²) in [6.45, 7) is 4.56. The van der Waals surface area contributed by atoms with Crippen LogP contribution in [-0.2, 0) is 0 Å². The molecule has 2 aliphatic carbocycles. The summed E-state index contributed by atoms with van der Waals surface area (Å²) in [4.78, 5) is 0. The van der Waals surface area contributed by atoms with Gasteiger partial charge in [0, 0.05) is 11.8 Å². The van der Waals surface area contributed by atoms with Crippen LogP contribution < -0.4 is 0 Å². The van der Waals surface area contributed by atoms with Crippen molar-refractivity contribution in [3.63, 3.8) is 0 Å². The van der Waals surface area contributed by atoms with Crippen molar-refractivity contribution in [2.45, 2.75) is 32.1 Å². The Morgan fingerprint density at radius 1 is 0.667 bits per heavy atom. The molecule has 4 rings (SSSR count). The van der Waals surface area contributed by atoms with E-state index in [1.54, 1.807) is 0 Å². The van der Waals surface area contributed by atoms with Gasteiger partial charge in [-0.2, -0.15) is 0 Å². The molecular weight excluding hydrogens is 252 g/mol. The van der Waals surface area contributed by atoms with Gasteiger partial charge in [-0.3, -0.25) is 0 Å². The number of fused-ring (bicyclic) bond motifs is 2. The van der Waals surface area contributed by atoms with Crippen LogP contribution in [0.25, 0.3) is 12.2 Å². The van der Waals surface area contributed by atoms with E-state index in [0.29, 0.717) is 11.8 Å². The largest absolute Gasteiger partial charge is 0.0652 e. The summed E-state index contributed by atoms with van der Waals surface area (Å²) in [5, 5.41) is 0. The molecular formula is C21H20. The lowest BCUT2D eigenvalue weighted by Gasteiger charge is -2.21. The van der Waals surface area contributed by atoms with Gasteiger partial charge >= 0.3 is 0 Å². The van der Waals surface area contributed by atoms with E-state index in [2.05, 4.69) is 74.5 Å². The average Bonchev–Trinajstić information content (AvgIpc) is 2.97. The Bertz CT molecular complexity index is 696. The molecule has 2 unspecified atom stereocenters. The molecule has 2 aromatic carbocycles. The molecule has 0 radical (unpaired) electrons. The van der Waals surface area contributed by atoms with Crippen molar-refractivity contribution < 1.29 is 0 Å². The molecule has 0 saturated heterocycles. The quantitative estimate of drug-likeness (QED) is 0.650. The van der Waals surface area contributed by atoms with Gasteiger partial charge < -0.3 is 0 Å². The summed E-state index contributed by atoms with van der Waals surface area (Å²) in [5.41, 5.74) is 8.85. The second kappa shape index (κ2) is 4.73. The molecule has 0 heterocycles. The van der Waals surface area contributed by atoms with Crippen LogP contribution >= 0.6 is 0 Å². The van der Waals surface area contributed by atoms with Crippen molar-refractivity contribution in [1.82, 2.24) is 0 Å². The summed E-state index contributed by atoms with van der Waals surface area (Å²) in [6.07, 6.45) is 5.92. The zero-order valence-electron chi connectivity index (χ0n) is 12.6. The standard InChI is InChI=1S/C21H20/c1-14-11-16-7-3-5-9-18(16)20(14)13-21-15(2)12-17-8-4-6-10-19(17)21/h3-12,20-21H,13H2,1-2H3. The average molecular weight is 272 g/mol. The van der Waals surface area contributed by atoms with Crippen LogP contribution in [0.15, 0.2) is 59.7 Å². The van der Waals surface area contributed by atoms with Crippen LogP contribution in [-0.4, -0.2) is 0 Å². The highest BCUT2D eigenvalue weighted by atomic mass is 14.3. The lowest BCUT2D eigenvalue weighted by atomic mass is 9.82. The highest BCUT2D eigenvalue weighted by molar-refractivity contribution is 5.68. The van der Waals surface area contributed by atoms with Gasteiger partial charge in [-0.05, 0) is 42.5 Å². The summed E-state index contributed by atoms with van der Waals surface area (Å²) >= 11 is 0. The highest BCUT2D eigenvalue weighted by Gasteiger charge is 2.29. The van der Waals surface area contributed by atoms with Gasteiger partial charge in [0.25, 0.3) is 0 Å². The second-order valence-corrected chi connectivity index (χ2v) is 6.38. The van der Waals surface area contributed by atoms with Crippen molar-refractivity contribution >= 4 is 12.2 Å². The van der Waals surface area contributed by atoms with Crippen LogP contribution in [0.1, 0.15) is 54.4 Å². The fraction of sp³-hybridized carbons (Fsp3) is 0.238. The maximum absolute atomic E-state index is 2.36. The van der Waals surface area contributed by atoms with Gasteiger partial charge in [0.1, 0.15) is 0 Å². The van der Waals surface area contributed by atoms with E-state index in [1.165, 1.54) is 39.8 Å². The Balaban J connectivity index is 1.69. The van der Waals surface area contributed by atoms with Crippen LogP contribution in [0.5, 0.6) is 0 Å². The van der Waals surface area contributed by atoms with E-state index in [-0.39, 0.29) is 0 Å². The van der Waals surface area contributed by atoms with Crippen LogP contribution in [0.3, 0.4) is 0 Å². The van der Waals surface area contributed by atoms with E-state index >= 15 is 0 Å². The molecule has 0 bridgehead atoms. The summed E-state index contributed by atoms with van der Waals surface area (Å²) < 4.78 is 0. The van der Waals surface area contributed by atoms with E-state index in [0.717, 1.165) is 0 Å². The van der Waals surface area contributed by atoms with Crippen molar-refractivity contribution in [1.29, 1.82) is 0 Å². The zero-order valence-corrected chi connectivity index (χ0v) is 12.6. The first-order valence-corrected chi connectivity index (χ1v) is 7.78. The molecule has 2 atom stereocenters. The van der Waals surface area contributed by atoms with Crippen LogP contribution in [0.2, 0.25) is 0 Å². The van der Waals surface area contributed by atoms with Crippen molar-refractivity contribution in [3.05, 3.63) is 81.9 Å². The van der Waals surface area contributed by atoms with E-state index in [1.807, 2.05) is 0 Å². The first-order valence-electron chi connectivity index (χ1n) is 7.78. The topological polar surface area (TPSA) is 0 Å². The molecule has 0 amide bonds. The molecule has 2 aromatic rings. The molecule has 0 nitrogen and oxygen atoms in total. The van der Waals surface area contributed by atoms with Gasteiger partial charge in [0.05, 0.1) is 0 Å². The third-order valence-electron chi connectivity index (χ3n) is 5.08. The summed E-state index contributed by atoms with van der Waals surface area (Å²) in [7, 11) is 0. The molecule has 104 valence electrons. The molecule has 0 N–H and O–H groups in total. The third kappa shape index (κ3) is 1.98. The molecule has 0 saturated carbocycles. The Morgan fingerprint density at radius 2 is 1.10 bits per heavy atom. The van der Waals surface area contributed by atoms with Crippen molar-refractivity contribution in [3.8, 4) is 0 Å². The maximum Gasteiger partial charge on any atom is 0.00635 e. The fourth-order valence-corrected chi connectivity index (χ4v) is 3.96. The zero-order chi connectivity index (χ0) is 14.4. The van der Waals surface area contributed by atoms with Crippen LogP contribution in [0, 0.1) is 0 Å². The number of allylic oxidation sites excluding steroid dienone is 2. The Morgan fingerprint density at radius 3 is 1.57 bits per heavy atom. The molecule has 0 aromatic heterocycles. The predicted molar refractivity (Wildman–Crippen MR) is 90.3 cm³/mol. The highest BCUT2D eigenvalue weighted by Crippen LogP contribution is 2.47. The summed E-state index contributed by atoms with van der Waals surface area (Å²) in [5.74, 6) is 1.14. The molecule has 0 heteroatoms. The maximum atomic E-state index is 2.36. The Hall–Kier alpha value is -2.08. The lowest BCUT2D eigenvalue weighted by molar-refractivity contribution is 0.642. The fourth-order valence-electron chi connectivity index (χ4n) is 3.96. The molecule has 2 aliphatic rings. The van der Waals surface area contributed by atoms with Crippen molar-refractivity contribution in [2.75, 3.05) is 0 Å². The molecule has 0 fully saturated rings. The predicted octanol–water partition coefficient (Wildman–Crippen LogP) is 5.78. The lowest BCUT2D eigenvalue weighted by Crippen LogP contribution is -2.05. The van der Waals surface area contributed by atoms with E-state index in [4.69, 9.17) is 0 Å². The van der Waals surface area contributed by atoms with E-state index in [9.17, 15) is 0 Å². The Kier molecular flexibility index (Phi) is 2.85. The van der Waals surface area contributed by atoms with Gasteiger partial charge in [-0.25, -0.2) is 0 Å². The minimum Gasteiger partial charge on any atom is -0.0652 e. The minimum absolute atomic E-state index is 0.570. The van der Waals surface area contributed by atoms with E-state index < -0.39 is 0 Å². The second-order valence-electron chi connectivity index (χ2n) is 6.38. The normalized spacial score (nSPS) is 22.6. The first-order chi connectivity index (χ1) is 10.2. The van der Waals surface area contributed by atoms with Gasteiger partial charge in [-0.15, -0.1) is 0 Å². The number of hydrogen-bond acceptors (Lipinski definition) is 0. The molecule has 21 heavy (non-hydrogen) atoms. The molecule has 0 spiro atoms. The molecule has 0 aliphatic heterocycles. The van der Waals surface area contributed by atoms with Gasteiger partial charge in [-0.1, -0.05) is 71.8 Å². The minimum atomic E-state index is 0.570.